The van der Waals surface area contributed by atoms with Crippen molar-refractivity contribution >= 4 is 17.4 Å². The van der Waals surface area contributed by atoms with Crippen LogP contribution in [0.25, 0.3) is 0 Å². The van der Waals surface area contributed by atoms with Crippen LogP contribution in [0.2, 0.25) is 0 Å². The van der Waals surface area contributed by atoms with Gasteiger partial charge in [-0.25, -0.2) is 0 Å². The molecule has 78 valence electrons. The van der Waals surface area contributed by atoms with Crippen molar-refractivity contribution in [3.8, 4) is 6.07 Å². The van der Waals surface area contributed by atoms with Gasteiger partial charge in [-0.05, 0) is 38.0 Å². The van der Waals surface area contributed by atoms with Gasteiger partial charge in [-0.3, -0.25) is 0 Å². The molecule has 2 atom stereocenters. The number of hydrogen-bond donors (Lipinski definition) is 1. The molecule has 3 heteroatoms. The van der Waals surface area contributed by atoms with Gasteiger partial charge in [-0.2, -0.15) is 5.26 Å². The lowest BCUT2D eigenvalue weighted by Crippen LogP contribution is -2.30. The summed E-state index contributed by atoms with van der Waals surface area (Å²) >= 11 is 1.68. The number of nitriles is 1. The maximum atomic E-state index is 9.02. The summed E-state index contributed by atoms with van der Waals surface area (Å²) in [6.45, 7) is 6.26. The smallest absolute Gasteiger partial charge is 0.116 e. The second kappa shape index (κ2) is 3.79. The fourth-order valence-corrected chi connectivity index (χ4v) is 2.97. The molecule has 0 saturated heterocycles. The third-order valence-corrected chi connectivity index (χ3v) is 4.17. The van der Waals surface area contributed by atoms with E-state index in [1.165, 1.54) is 21.7 Å². The van der Waals surface area contributed by atoms with E-state index in [1.54, 1.807) is 11.8 Å². The third kappa shape index (κ3) is 1.82. The standard InChI is InChI=1S/C12H14N2S/c1-7-4-8(2)12-10(5-7)14-9(3)11(6-13)15-12/h4-5,9,11,14H,1-3H3. The van der Waals surface area contributed by atoms with E-state index >= 15 is 0 Å². The van der Waals surface area contributed by atoms with Crippen molar-refractivity contribution in [2.24, 2.45) is 0 Å². The van der Waals surface area contributed by atoms with E-state index < -0.39 is 0 Å². The van der Waals surface area contributed by atoms with Crippen LogP contribution in [0.3, 0.4) is 0 Å². The Morgan fingerprint density at radius 1 is 1.40 bits per heavy atom. The summed E-state index contributed by atoms with van der Waals surface area (Å²) < 4.78 is 0. The zero-order valence-corrected chi connectivity index (χ0v) is 9.98. The molecular formula is C12H14N2S. The predicted molar refractivity (Wildman–Crippen MR) is 64.3 cm³/mol. The van der Waals surface area contributed by atoms with Gasteiger partial charge in [0.2, 0.25) is 0 Å². The quantitative estimate of drug-likeness (QED) is 0.727. The normalized spacial score (nSPS) is 23.9. The van der Waals surface area contributed by atoms with Crippen molar-refractivity contribution in [1.29, 1.82) is 5.26 Å². The van der Waals surface area contributed by atoms with Crippen LogP contribution in [-0.4, -0.2) is 11.3 Å². The molecule has 0 bridgehead atoms. The van der Waals surface area contributed by atoms with Gasteiger partial charge in [0.15, 0.2) is 0 Å². The van der Waals surface area contributed by atoms with Crippen molar-refractivity contribution in [2.75, 3.05) is 5.32 Å². The molecule has 1 heterocycles. The Labute approximate surface area is 94.7 Å². The van der Waals surface area contributed by atoms with Crippen LogP contribution in [0.4, 0.5) is 5.69 Å². The molecule has 2 rings (SSSR count). The molecule has 2 nitrogen and oxygen atoms in total. The van der Waals surface area contributed by atoms with Gasteiger partial charge < -0.3 is 5.32 Å². The maximum Gasteiger partial charge on any atom is 0.116 e. The van der Waals surface area contributed by atoms with Crippen LogP contribution in [0, 0.1) is 25.2 Å². The molecule has 1 aromatic carbocycles. The first-order valence-corrected chi connectivity index (χ1v) is 5.94. The van der Waals surface area contributed by atoms with E-state index in [9.17, 15) is 0 Å². The van der Waals surface area contributed by atoms with Crippen LogP contribution in [-0.2, 0) is 0 Å². The van der Waals surface area contributed by atoms with Crippen LogP contribution >= 0.6 is 11.8 Å². The lowest BCUT2D eigenvalue weighted by Gasteiger charge is -2.29. The van der Waals surface area contributed by atoms with E-state index in [4.69, 9.17) is 5.26 Å². The third-order valence-electron chi connectivity index (χ3n) is 2.63. The first kappa shape index (κ1) is 10.4. The number of anilines is 1. The zero-order chi connectivity index (χ0) is 11.0. The van der Waals surface area contributed by atoms with E-state index in [-0.39, 0.29) is 11.3 Å². The molecule has 0 saturated carbocycles. The molecule has 0 fully saturated rings. The summed E-state index contributed by atoms with van der Waals surface area (Å²) in [5.41, 5.74) is 3.70. The minimum atomic E-state index is 0.0129. The highest BCUT2D eigenvalue weighted by Crippen LogP contribution is 2.40. The number of fused-ring (bicyclic) bond motifs is 1. The second-order valence-corrected chi connectivity index (χ2v) is 5.21. The number of nitrogens with one attached hydrogen (secondary N) is 1. The van der Waals surface area contributed by atoms with Crippen molar-refractivity contribution in [3.63, 3.8) is 0 Å². The van der Waals surface area contributed by atoms with Crippen molar-refractivity contribution in [2.45, 2.75) is 37.0 Å². The molecule has 0 radical (unpaired) electrons. The lowest BCUT2D eigenvalue weighted by atomic mass is 10.1. The average molecular weight is 218 g/mol. The number of rotatable bonds is 0. The largest absolute Gasteiger partial charge is 0.379 e. The Morgan fingerprint density at radius 2 is 2.13 bits per heavy atom. The highest BCUT2D eigenvalue weighted by Gasteiger charge is 2.26. The maximum absolute atomic E-state index is 9.02. The molecule has 1 aliphatic rings. The minimum Gasteiger partial charge on any atom is -0.379 e. The predicted octanol–water partition coefficient (Wildman–Crippen LogP) is 3.10. The summed E-state index contributed by atoms with van der Waals surface area (Å²) in [4.78, 5) is 1.23. The Balaban J connectivity index is 2.46. The summed E-state index contributed by atoms with van der Waals surface area (Å²) in [5, 5.41) is 12.4. The van der Waals surface area contributed by atoms with E-state index in [2.05, 4.69) is 44.3 Å². The molecule has 1 N–H and O–H groups in total. The topological polar surface area (TPSA) is 35.8 Å². The number of nitrogens with zero attached hydrogens (tertiary/aromatic N) is 1. The summed E-state index contributed by atoms with van der Waals surface area (Å²) in [6.07, 6.45) is 0. The molecule has 0 aliphatic carbocycles. The van der Waals surface area contributed by atoms with Gasteiger partial charge in [0.25, 0.3) is 0 Å². The van der Waals surface area contributed by atoms with Crippen LogP contribution < -0.4 is 5.32 Å². The molecule has 2 unspecified atom stereocenters. The lowest BCUT2D eigenvalue weighted by molar-refractivity contribution is 0.817. The highest BCUT2D eigenvalue weighted by molar-refractivity contribution is 8.00. The fraction of sp³-hybridized carbons (Fsp3) is 0.417. The molecule has 15 heavy (non-hydrogen) atoms. The van der Waals surface area contributed by atoms with Crippen molar-refractivity contribution in [3.05, 3.63) is 23.3 Å². The molecule has 0 spiro atoms. The first-order chi connectivity index (χ1) is 7.11. The minimum absolute atomic E-state index is 0.0129. The van der Waals surface area contributed by atoms with Gasteiger partial charge in [-0.15, -0.1) is 11.8 Å². The molecule has 1 aromatic rings. The highest BCUT2D eigenvalue weighted by atomic mass is 32.2. The van der Waals surface area contributed by atoms with E-state index in [1.807, 2.05) is 0 Å². The monoisotopic (exact) mass is 218 g/mol. The number of benzene rings is 1. The number of aryl methyl sites for hydroxylation is 2. The van der Waals surface area contributed by atoms with Gasteiger partial charge in [0.1, 0.15) is 5.25 Å². The Morgan fingerprint density at radius 3 is 2.80 bits per heavy atom. The Bertz CT molecular complexity index is 434. The fourth-order valence-electron chi connectivity index (χ4n) is 1.91. The molecule has 1 aliphatic heterocycles. The van der Waals surface area contributed by atoms with Gasteiger partial charge in [-0.1, -0.05) is 6.07 Å². The SMILES string of the molecule is Cc1cc(C)c2c(c1)NC(C)C(C#N)S2. The molecule has 0 aromatic heterocycles. The van der Waals surface area contributed by atoms with Crippen LogP contribution in [0.15, 0.2) is 17.0 Å². The van der Waals surface area contributed by atoms with E-state index in [0.29, 0.717) is 0 Å². The zero-order valence-electron chi connectivity index (χ0n) is 9.16. The van der Waals surface area contributed by atoms with Gasteiger partial charge >= 0.3 is 0 Å². The molecular weight excluding hydrogens is 204 g/mol. The second-order valence-electron chi connectivity index (χ2n) is 4.06. The Hall–Kier alpha value is -1.14. The summed E-state index contributed by atoms with van der Waals surface area (Å²) in [5.74, 6) is 0. The average Bonchev–Trinajstić information content (AvgIpc) is 2.16. The summed E-state index contributed by atoms with van der Waals surface area (Å²) in [6, 6.07) is 6.87. The van der Waals surface area contributed by atoms with Gasteiger partial charge in [0.05, 0.1) is 6.07 Å². The van der Waals surface area contributed by atoms with Crippen LogP contribution in [0.5, 0.6) is 0 Å². The van der Waals surface area contributed by atoms with Crippen LogP contribution in [0.1, 0.15) is 18.1 Å². The molecule has 0 amide bonds. The van der Waals surface area contributed by atoms with Crippen molar-refractivity contribution < 1.29 is 0 Å². The van der Waals surface area contributed by atoms with E-state index in [0.717, 1.165) is 0 Å². The first-order valence-electron chi connectivity index (χ1n) is 5.06. The number of hydrogen-bond acceptors (Lipinski definition) is 3. The number of thioether (sulfide) groups is 1. The summed E-state index contributed by atoms with van der Waals surface area (Å²) in [7, 11) is 0. The van der Waals surface area contributed by atoms with Gasteiger partial charge in [0, 0.05) is 16.6 Å². The van der Waals surface area contributed by atoms with Crippen molar-refractivity contribution in [1.82, 2.24) is 0 Å². The Kier molecular flexibility index (Phi) is 2.62.